The second-order valence-electron chi connectivity index (χ2n) is 4.89. The highest BCUT2D eigenvalue weighted by Crippen LogP contribution is 2.41. The van der Waals surface area contributed by atoms with E-state index in [1.807, 2.05) is 0 Å². The Labute approximate surface area is 147 Å². The molecule has 2 aromatic heterocycles. The third-order valence-corrected chi connectivity index (χ3v) is 5.06. The summed E-state index contributed by atoms with van der Waals surface area (Å²) in [5.74, 6) is 0.189. The van der Waals surface area contributed by atoms with Crippen LogP contribution in [0, 0.1) is 0 Å². The highest BCUT2D eigenvalue weighted by Gasteiger charge is 2.36. The molecule has 0 saturated carbocycles. The molecule has 24 heavy (non-hydrogen) atoms. The van der Waals surface area contributed by atoms with Gasteiger partial charge in [-0.25, -0.2) is 17.5 Å². The van der Waals surface area contributed by atoms with Gasteiger partial charge in [0, 0.05) is 18.4 Å². The van der Waals surface area contributed by atoms with Crippen molar-refractivity contribution in [1.82, 2.24) is 13.3 Å². The molecule has 0 amide bonds. The minimum atomic E-state index is -4.68. The third-order valence-electron chi connectivity index (χ3n) is 3.07. The molecular formula is C12H13ClF4N4OS2. The van der Waals surface area contributed by atoms with Crippen molar-refractivity contribution in [3.63, 3.8) is 0 Å². The van der Waals surface area contributed by atoms with E-state index in [9.17, 15) is 21.3 Å². The summed E-state index contributed by atoms with van der Waals surface area (Å²) in [6, 6.07) is 1.23. The fourth-order valence-corrected chi connectivity index (χ4v) is 3.21. The van der Waals surface area contributed by atoms with Crippen molar-refractivity contribution in [3.05, 3.63) is 23.0 Å². The normalized spacial score (nSPS) is 13.7. The van der Waals surface area contributed by atoms with E-state index in [0.29, 0.717) is 10.2 Å². The Balaban J connectivity index is 2.45. The van der Waals surface area contributed by atoms with Gasteiger partial charge in [-0.1, -0.05) is 11.6 Å². The molecule has 1 unspecified atom stereocenters. The summed E-state index contributed by atoms with van der Waals surface area (Å²) < 4.78 is 66.4. The topological polar surface area (TPSA) is 50.2 Å². The van der Waals surface area contributed by atoms with E-state index in [1.165, 1.54) is 10.4 Å². The molecule has 12 heteroatoms. The van der Waals surface area contributed by atoms with Crippen LogP contribution >= 0.6 is 23.9 Å². The minimum absolute atomic E-state index is 0.0564. The Morgan fingerprint density at radius 3 is 2.67 bits per heavy atom. The SMILES string of the molecule is CN(C)S(=O)CCNc1cc(Cl)nc2c1c(C(F)(F)F)cn2SF. The van der Waals surface area contributed by atoms with Gasteiger partial charge in [0.1, 0.15) is 5.15 Å². The Morgan fingerprint density at radius 2 is 2.12 bits per heavy atom. The van der Waals surface area contributed by atoms with Gasteiger partial charge in [-0.05, 0) is 20.2 Å². The van der Waals surface area contributed by atoms with Crippen LogP contribution in [0.5, 0.6) is 0 Å². The average molecular weight is 405 g/mol. The lowest BCUT2D eigenvalue weighted by molar-refractivity contribution is -0.136. The van der Waals surface area contributed by atoms with Crippen molar-refractivity contribution in [1.29, 1.82) is 0 Å². The molecule has 0 radical (unpaired) electrons. The fourth-order valence-electron chi connectivity index (χ4n) is 2.03. The van der Waals surface area contributed by atoms with Gasteiger partial charge < -0.3 is 5.32 Å². The standard InChI is InChI=1S/C12H13ClF4N4OS2/c1-20(2)24(22)4-3-18-8-5-9(13)19-11-10(8)7(12(14,15)16)6-21(11)23-17/h5-6H,3-4H2,1-2H3,(H,18,19). The Bertz CT molecular complexity index is 766. The van der Waals surface area contributed by atoms with Crippen LogP contribution < -0.4 is 5.32 Å². The van der Waals surface area contributed by atoms with E-state index in [1.54, 1.807) is 14.1 Å². The van der Waals surface area contributed by atoms with E-state index in [-0.39, 0.29) is 34.2 Å². The highest BCUT2D eigenvalue weighted by molar-refractivity contribution is 7.92. The molecule has 2 aromatic rings. The maximum Gasteiger partial charge on any atom is 0.418 e. The molecular weight excluding hydrogens is 392 g/mol. The first-order valence-corrected chi connectivity index (χ1v) is 8.85. The monoisotopic (exact) mass is 404 g/mol. The van der Waals surface area contributed by atoms with E-state index < -0.39 is 35.1 Å². The number of rotatable bonds is 6. The molecule has 134 valence electrons. The Kier molecular flexibility index (Phi) is 6.00. The summed E-state index contributed by atoms with van der Waals surface area (Å²) in [5.41, 5.74) is -1.21. The van der Waals surface area contributed by atoms with Crippen LogP contribution in [0.3, 0.4) is 0 Å². The predicted molar refractivity (Wildman–Crippen MR) is 89.0 cm³/mol. The second-order valence-corrected chi connectivity index (χ2v) is 7.59. The van der Waals surface area contributed by atoms with Gasteiger partial charge in [0.15, 0.2) is 18.0 Å². The van der Waals surface area contributed by atoms with Crippen LogP contribution in [-0.2, 0) is 17.2 Å². The summed E-state index contributed by atoms with van der Waals surface area (Å²) in [7, 11) is 1.97. The number of halogens is 5. The molecule has 0 saturated heterocycles. The lowest BCUT2D eigenvalue weighted by atomic mass is 10.2. The number of nitrogens with zero attached hydrogens (tertiary/aromatic N) is 3. The number of hydrogen-bond donors (Lipinski definition) is 1. The molecule has 0 bridgehead atoms. The second kappa shape index (κ2) is 7.46. The van der Waals surface area contributed by atoms with E-state index in [4.69, 9.17) is 11.6 Å². The molecule has 0 aromatic carbocycles. The lowest BCUT2D eigenvalue weighted by Crippen LogP contribution is -2.22. The summed E-state index contributed by atoms with van der Waals surface area (Å²) in [6.07, 6.45) is -4.06. The zero-order valence-electron chi connectivity index (χ0n) is 12.5. The van der Waals surface area contributed by atoms with Crippen LogP contribution in [0.15, 0.2) is 12.3 Å². The Morgan fingerprint density at radius 1 is 1.46 bits per heavy atom. The van der Waals surface area contributed by atoms with Crippen LogP contribution in [0.25, 0.3) is 11.0 Å². The quantitative estimate of drug-likeness (QED) is 0.589. The molecule has 0 fully saturated rings. The molecule has 1 N–H and O–H groups in total. The van der Waals surface area contributed by atoms with Gasteiger partial charge in [-0.2, -0.15) is 13.2 Å². The van der Waals surface area contributed by atoms with Crippen LogP contribution in [0.4, 0.5) is 22.7 Å². The summed E-state index contributed by atoms with van der Waals surface area (Å²) in [6.45, 7) is 0.144. The fraction of sp³-hybridized carbons (Fsp3) is 0.417. The molecule has 0 spiro atoms. The first-order chi connectivity index (χ1) is 11.1. The van der Waals surface area contributed by atoms with Crippen LogP contribution in [0.2, 0.25) is 5.15 Å². The first-order valence-electron chi connectivity index (χ1n) is 6.52. The number of pyridine rings is 1. The smallest absolute Gasteiger partial charge is 0.383 e. The van der Waals surface area contributed by atoms with Gasteiger partial charge in [0.25, 0.3) is 0 Å². The van der Waals surface area contributed by atoms with Crippen molar-refractivity contribution in [2.24, 2.45) is 0 Å². The van der Waals surface area contributed by atoms with Gasteiger partial charge >= 0.3 is 6.18 Å². The van der Waals surface area contributed by atoms with E-state index >= 15 is 0 Å². The maximum atomic E-state index is 13.2. The number of anilines is 1. The summed E-state index contributed by atoms with van der Waals surface area (Å²) in [5, 5.41) is 2.41. The molecule has 5 nitrogen and oxygen atoms in total. The first kappa shape index (κ1) is 19.3. The van der Waals surface area contributed by atoms with Crippen molar-refractivity contribution in [3.8, 4) is 0 Å². The van der Waals surface area contributed by atoms with E-state index in [0.717, 1.165) is 0 Å². The largest absolute Gasteiger partial charge is 0.418 e. The van der Waals surface area contributed by atoms with Crippen LogP contribution in [-0.4, -0.2) is 43.9 Å². The van der Waals surface area contributed by atoms with Crippen molar-refractivity contribution in [2.75, 3.05) is 31.7 Å². The molecule has 0 aliphatic rings. The lowest BCUT2D eigenvalue weighted by Gasteiger charge is -2.13. The van der Waals surface area contributed by atoms with Gasteiger partial charge in [0.05, 0.1) is 27.7 Å². The maximum absolute atomic E-state index is 13.2. The van der Waals surface area contributed by atoms with E-state index in [2.05, 4.69) is 10.3 Å². The number of fused-ring (bicyclic) bond motifs is 1. The number of nitrogens with one attached hydrogen (secondary N) is 1. The number of alkyl halides is 3. The van der Waals surface area contributed by atoms with Crippen molar-refractivity contribution < 1.29 is 21.3 Å². The summed E-state index contributed by atoms with van der Waals surface area (Å²) >= 11 is 5.42. The van der Waals surface area contributed by atoms with Crippen molar-refractivity contribution in [2.45, 2.75) is 6.18 Å². The third kappa shape index (κ3) is 4.13. The van der Waals surface area contributed by atoms with Gasteiger partial charge in [-0.3, -0.25) is 0 Å². The van der Waals surface area contributed by atoms with Gasteiger partial charge in [-0.15, -0.1) is 3.89 Å². The summed E-state index contributed by atoms with van der Waals surface area (Å²) in [4.78, 5) is 3.77. The molecule has 2 rings (SSSR count). The van der Waals surface area contributed by atoms with Crippen molar-refractivity contribution >= 4 is 51.6 Å². The zero-order valence-corrected chi connectivity index (χ0v) is 14.9. The minimum Gasteiger partial charge on any atom is -0.383 e. The molecule has 2 heterocycles. The van der Waals surface area contributed by atoms with Crippen LogP contribution in [0.1, 0.15) is 5.56 Å². The highest BCUT2D eigenvalue weighted by atomic mass is 35.5. The van der Waals surface area contributed by atoms with Gasteiger partial charge in [0.2, 0.25) is 0 Å². The predicted octanol–water partition coefficient (Wildman–Crippen LogP) is 3.73. The molecule has 0 aliphatic carbocycles. The average Bonchev–Trinajstić information content (AvgIpc) is 2.85. The number of hydrogen-bond acceptors (Lipinski definition) is 4. The zero-order chi connectivity index (χ0) is 18.1. The molecule has 1 atom stereocenters. The Hall–Kier alpha value is -1.04. The molecule has 0 aliphatic heterocycles. The number of aromatic nitrogens is 2.